The van der Waals surface area contributed by atoms with Crippen molar-refractivity contribution in [3.63, 3.8) is 0 Å². The molecule has 0 N–H and O–H groups in total. The molecule has 2 aromatic carbocycles. The Hall–Kier alpha value is -2.04. The van der Waals surface area contributed by atoms with Gasteiger partial charge in [-0.2, -0.15) is 0 Å². The van der Waals surface area contributed by atoms with Gasteiger partial charge in [0.1, 0.15) is 0 Å². The monoisotopic (exact) mass is 377 g/mol. The molecule has 2 aromatic rings. The van der Waals surface area contributed by atoms with Crippen LogP contribution in [0.2, 0.25) is 10.0 Å². The Morgan fingerprint density at radius 2 is 1.88 bits per heavy atom. The third kappa shape index (κ3) is 3.65. The predicted octanol–water partition coefficient (Wildman–Crippen LogP) is 4.52. The molecule has 0 unspecified atom stereocenters. The van der Waals surface area contributed by atoms with E-state index in [4.69, 9.17) is 27.9 Å². The van der Waals surface area contributed by atoms with Crippen LogP contribution in [0.4, 0.5) is 5.69 Å². The van der Waals surface area contributed by atoms with E-state index in [1.807, 2.05) is 24.3 Å². The lowest BCUT2D eigenvalue weighted by atomic mass is 10.0. The van der Waals surface area contributed by atoms with Gasteiger partial charge >= 0.3 is 5.97 Å². The molecule has 0 aliphatic carbocycles. The summed E-state index contributed by atoms with van der Waals surface area (Å²) in [7, 11) is 0. The molecular weight excluding hydrogens is 361 g/mol. The van der Waals surface area contributed by atoms with E-state index in [-0.39, 0.29) is 21.5 Å². The molecule has 0 aromatic heterocycles. The third-order valence-corrected chi connectivity index (χ3v) is 5.00. The number of hydrogen-bond donors (Lipinski definition) is 0. The molecule has 25 heavy (non-hydrogen) atoms. The maximum absolute atomic E-state index is 12.8. The van der Waals surface area contributed by atoms with Gasteiger partial charge in [0, 0.05) is 12.2 Å². The van der Waals surface area contributed by atoms with E-state index in [0.29, 0.717) is 6.54 Å². The summed E-state index contributed by atoms with van der Waals surface area (Å²) in [6, 6.07) is 12.5. The van der Waals surface area contributed by atoms with Crippen molar-refractivity contribution < 1.29 is 14.3 Å². The number of nitrogens with zero attached hydrogens (tertiary/aromatic N) is 1. The molecule has 1 atom stereocenters. The first-order chi connectivity index (χ1) is 12.0. The molecule has 0 bridgehead atoms. The maximum atomic E-state index is 12.8. The van der Waals surface area contributed by atoms with Crippen molar-refractivity contribution in [3.05, 3.63) is 63.6 Å². The largest absolute Gasteiger partial charge is 0.449 e. The number of esters is 1. The zero-order valence-electron chi connectivity index (χ0n) is 13.7. The standard InChI is InChI=1S/C19H17Cl2NO3/c1-12(25-19(24)14-8-4-9-15(20)17(14)21)18(23)22-11-5-7-13-6-2-3-10-16(13)22/h2-4,6,8-10,12H,5,7,11H2,1H3/t12-/m0/s1. The molecule has 0 saturated carbocycles. The number of amides is 1. The highest BCUT2D eigenvalue weighted by molar-refractivity contribution is 6.43. The minimum atomic E-state index is -0.922. The molecule has 0 radical (unpaired) electrons. The number of fused-ring (bicyclic) bond motifs is 1. The van der Waals surface area contributed by atoms with Crippen molar-refractivity contribution in [2.24, 2.45) is 0 Å². The molecule has 1 amide bonds. The number of carbonyl (C=O) groups is 2. The highest BCUT2D eigenvalue weighted by Crippen LogP contribution is 2.29. The lowest BCUT2D eigenvalue weighted by Gasteiger charge is -2.31. The fourth-order valence-corrected chi connectivity index (χ4v) is 3.30. The fraction of sp³-hybridized carbons (Fsp3) is 0.263. The van der Waals surface area contributed by atoms with Gasteiger partial charge in [-0.25, -0.2) is 4.79 Å². The van der Waals surface area contributed by atoms with E-state index in [1.54, 1.807) is 24.0 Å². The maximum Gasteiger partial charge on any atom is 0.340 e. The van der Waals surface area contributed by atoms with Gasteiger partial charge in [0.2, 0.25) is 0 Å². The average Bonchev–Trinajstić information content (AvgIpc) is 2.62. The van der Waals surface area contributed by atoms with Crippen LogP contribution in [0.3, 0.4) is 0 Å². The Kier molecular flexibility index (Phi) is 5.30. The predicted molar refractivity (Wildman–Crippen MR) is 98.5 cm³/mol. The van der Waals surface area contributed by atoms with Crippen LogP contribution < -0.4 is 4.90 Å². The van der Waals surface area contributed by atoms with Gasteiger partial charge in [0.25, 0.3) is 5.91 Å². The molecular formula is C19H17Cl2NO3. The molecule has 4 nitrogen and oxygen atoms in total. The van der Waals surface area contributed by atoms with Gasteiger partial charge in [0.15, 0.2) is 6.10 Å². The number of anilines is 1. The van der Waals surface area contributed by atoms with Crippen molar-refractivity contribution in [1.82, 2.24) is 0 Å². The Morgan fingerprint density at radius 3 is 2.68 bits per heavy atom. The molecule has 3 rings (SSSR count). The van der Waals surface area contributed by atoms with E-state index < -0.39 is 12.1 Å². The van der Waals surface area contributed by atoms with Crippen molar-refractivity contribution in [2.45, 2.75) is 25.9 Å². The smallest absolute Gasteiger partial charge is 0.340 e. The molecule has 130 valence electrons. The van der Waals surface area contributed by atoms with Crippen LogP contribution in [0.15, 0.2) is 42.5 Å². The summed E-state index contributed by atoms with van der Waals surface area (Å²) < 4.78 is 5.33. The second-order valence-electron chi connectivity index (χ2n) is 5.87. The van der Waals surface area contributed by atoms with Gasteiger partial charge in [0.05, 0.1) is 15.6 Å². The lowest BCUT2D eigenvalue weighted by molar-refractivity contribution is -0.126. The second-order valence-corrected chi connectivity index (χ2v) is 6.66. The minimum absolute atomic E-state index is 0.122. The number of hydrogen-bond acceptors (Lipinski definition) is 3. The summed E-state index contributed by atoms with van der Waals surface area (Å²) >= 11 is 12.0. The van der Waals surface area contributed by atoms with Crippen LogP contribution in [0.1, 0.15) is 29.3 Å². The average molecular weight is 378 g/mol. The lowest BCUT2D eigenvalue weighted by Crippen LogP contribution is -2.42. The number of aryl methyl sites for hydroxylation is 1. The SMILES string of the molecule is C[C@H](OC(=O)c1cccc(Cl)c1Cl)C(=O)N1CCCc2ccccc21. The Morgan fingerprint density at radius 1 is 1.12 bits per heavy atom. The number of para-hydroxylation sites is 1. The van der Waals surface area contributed by atoms with Crippen LogP contribution in [0, 0.1) is 0 Å². The molecule has 1 heterocycles. The number of carbonyl (C=O) groups excluding carboxylic acids is 2. The molecule has 6 heteroatoms. The molecule has 0 fully saturated rings. The van der Waals surface area contributed by atoms with Gasteiger partial charge < -0.3 is 9.64 Å². The third-order valence-electron chi connectivity index (χ3n) is 4.18. The fourth-order valence-electron chi connectivity index (χ4n) is 2.92. The normalized spacial score (nSPS) is 14.6. The van der Waals surface area contributed by atoms with Crippen LogP contribution in [0.25, 0.3) is 0 Å². The van der Waals surface area contributed by atoms with Crippen LogP contribution >= 0.6 is 23.2 Å². The van der Waals surface area contributed by atoms with Crippen molar-refractivity contribution >= 4 is 40.8 Å². The number of benzene rings is 2. The van der Waals surface area contributed by atoms with Crippen molar-refractivity contribution in [3.8, 4) is 0 Å². The van der Waals surface area contributed by atoms with Crippen molar-refractivity contribution in [2.75, 3.05) is 11.4 Å². The summed E-state index contributed by atoms with van der Waals surface area (Å²) in [6.45, 7) is 2.17. The zero-order chi connectivity index (χ0) is 18.0. The summed E-state index contributed by atoms with van der Waals surface area (Å²) in [6.07, 6.45) is 0.893. The van der Waals surface area contributed by atoms with Crippen LogP contribution in [0.5, 0.6) is 0 Å². The van der Waals surface area contributed by atoms with Gasteiger partial charge in [-0.15, -0.1) is 0 Å². The minimum Gasteiger partial charge on any atom is -0.449 e. The number of ether oxygens (including phenoxy) is 1. The summed E-state index contributed by atoms with van der Waals surface area (Å²) in [4.78, 5) is 26.8. The Bertz CT molecular complexity index is 822. The van der Waals surface area contributed by atoms with E-state index in [2.05, 4.69) is 0 Å². The first-order valence-corrected chi connectivity index (χ1v) is 8.79. The molecule has 1 aliphatic rings. The van der Waals surface area contributed by atoms with E-state index in [0.717, 1.165) is 24.1 Å². The van der Waals surface area contributed by atoms with E-state index in [9.17, 15) is 9.59 Å². The van der Waals surface area contributed by atoms with Gasteiger partial charge in [-0.05, 0) is 43.5 Å². The molecule has 1 aliphatic heterocycles. The van der Waals surface area contributed by atoms with Gasteiger partial charge in [-0.1, -0.05) is 47.5 Å². The molecule has 0 spiro atoms. The van der Waals surface area contributed by atoms with Crippen LogP contribution in [-0.4, -0.2) is 24.5 Å². The highest BCUT2D eigenvalue weighted by atomic mass is 35.5. The quantitative estimate of drug-likeness (QED) is 0.738. The highest BCUT2D eigenvalue weighted by Gasteiger charge is 2.29. The van der Waals surface area contributed by atoms with Crippen molar-refractivity contribution in [1.29, 1.82) is 0 Å². The van der Waals surface area contributed by atoms with E-state index in [1.165, 1.54) is 6.07 Å². The topological polar surface area (TPSA) is 46.6 Å². The number of rotatable bonds is 3. The molecule has 0 saturated heterocycles. The van der Waals surface area contributed by atoms with E-state index >= 15 is 0 Å². The Balaban J connectivity index is 1.76. The summed E-state index contributed by atoms with van der Waals surface area (Å²) in [5.74, 6) is -0.919. The van der Waals surface area contributed by atoms with Crippen LogP contribution in [-0.2, 0) is 16.0 Å². The Labute approximate surface area is 156 Å². The summed E-state index contributed by atoms with van der Waals surface area (Å²) in [5, 5.41) is 0.386. The zero-order valence-corrected chi connectivity index (χ0v) is 15.2. The second kappa shape index (κ2) is 7.46. The first kappa shape index (κ1) is 17.8. The number of halogens is 2. The summed E-state index contributed by atoms with van der Waals surface area (Å²) in [5.41, 5.74) is 2.15. The first-order valence-electron chi connectivity index (χ1n) is 8.03. The van der Waals surface area contributed by atoms with Gasteiger partial charge in [-0.3, -0.25) is 4.79 Å².